The zero-order valence-corrected chi connectivity index (χ0v) is 17.6. The van der Waals surface area contributed by atoms with Crippen LogP contribution in [0.2, 0.25) is 0 Å². The van der Waals surface area contributed by atoms with Crippen molar-refractivity contribution >= 4 is 22.4 Å². The number of benzene rings is 2. The van der Waals surface area contributed by atoms with Crippen LogP contribution >= 0.6 is 0 Å². The molecular formula is C23H28N4O2. The van der Waals surface area contributed by atoms with E-state index in [1.807, 2.05) is 13.0 Å². The van der Waals surface area contributed by atoms with Gasteiger partial charge in [-0.25, -0.2) is 4.68 Å². The number of carbonyl (C=O) groups is 1. The lowest BCUT2D eigenvalue weighted by atomic mass is 10.1. The second kappa shape index (κ2) is 8.90. The summed E-state index contributed by atoms with van der Waals surface area (Å²) in [5.74, 6) is -0.198. The third-order valence-electron chi connectivity index (χ3n) is 5.20. The zero-order valence-electron chi connectivity index (χ0n) is 17.6. The molecule has 2 aromatic carbocycles. The van der Waals surface area contributed by atoms with E-state index in [2.05, 4.69) is 48.1 Å². The van der Waals surface area contributed by atoms with E-state index in [0.717, 1.165) is 18.7 Å². The Hall–Kier alpha value is -3.15. The van der Waals surface area contributed by atoms with Crippen molar-refractivity contribution in [2.45, 2.75) is 33.9 Å². The minimum atomic E-state index is -0.198. The first kappa shape index (κ1) is 20.6. The van der Waals surface area contributed by atoms with Gasteiger partial charge in [-0.15, -0.1) is 0 Å². The summed E-state index contributed by atoms with van der Waals surface area (Å²) in [6.45, 7) is 8.92. The number of hydrogen-bond donors (Lipinski definition) is 0. The molecule has 29 heavy (non-hydrogen) atoms. The molecule has 0 aliphatic rings. The zero-order chi connectivity index (χ0) is 21.0. The van der Waals surface area contributed by atoms with Crippen molar-refractivity contribution in [1.29, 1.82) is 0 Å². The van der Waals surface area contributed by atoms with Gasteiger partial charge in [0.25, 0.3) is 11.5 Å². The molecule has 1 heterocycles. The third kappa shape index (κ3) is 4.16. The number of fused-ring (bicyclic) bond motifs is 1. The van der Waals surface area contributed by atoms with Crippen LogP contribution in [0.4, 0.5) is 5.69 Å². The predicted molar refractivity (Wildman–Crippen MR) is 117 cm³/mol. The lowest BCUT2D eigenvalue weighted by Crippen LogP contribution is -2.31. The Balaban J connectivity index is 1.87. The number of aromatic nitrogens is 2. The first-order valence-corrected chi connectivity index (χ1v) is 10.1. The number of hydrogen-bond acceptors (Lipinski definition) is 4. The van der Waals surface area contributed by atoms with E-state index in [0.29, 0.717) is 29.6 Å². The number of rotatable bonds is 7. The van der Waals surface area contributed by atoms with Crippen molar-refractivity contribution in [3.63, 3.8) is 0 Å². The minimum Gasteiger partial charge on any atom is -0.372 e. The number of nitrogens with zero attached hydrogens (tertiary/aromatic N) is 4. The summed E-state index contributed by atoms with van der Waals surface area (Å²) in [5.41, 5.74) is 2.36. The number of carbonyl (C=O) groups excluding carboxylic acids is 1. The maximum atomic E-state index is 13.2. The summed E-state index contributed by atoms with van der Waals surface area (Å²) < 4.78 is 1.35. The lowest BCUT2D eigenvalue weighted by Gasteiger charge is -2.22. The highest BCUT2D eigenvalue weighted by Gasteiger charge is 2.19. The Bertz CT molecular complexity index is 1050. The molecule has 3 rings (SSSR count). The van der Waals surface area contributed by atoms with Crippen molar-refractivity contribution in [2.75, 3.05) is 25.0 Å². The molecule has 0 unspecified atom stereocenters. The highest BCUT2D eigenvalue weighted by Crippen LogP contribution is 2.18. The van der Waals surface area contributed by atoms with Crippen LogP contribution in [-0.4, -0.2) is 40.7 Å². The lowest BCUT2D eigenvalue weighted by molar-refractivity contribution is 0.0779. The molecule has 0 atom stereocenters. The van der Waals surface area contributed by atoms with Crippen molar-refractivity contribution < 1.29 is 4.79 Å². The molecule has 0 aliphatic carbocycles. The van der Waals surface area contributed by atoms with Gasteiger partial charge in [0, 0.05) is 44.3 Å². The van der Waals surface area contributed by atoms with Crippen LogP contribution in [0, 0.1) is 0 Å². The second-order valence-corrected chi connectivity index (χ2v) is 7.02. The Morgan fingerprint density at radius 2 is 1.59 bits per heavy atom. The van der Waals surface area contributed by atoms with Crippen LogP contribution in [0.3, 0.4) is 0 Å². The van der Waals surface area contributed by atoms with Gasteiger partial charge in [0.15, 0.2) is 5.69 Å². The van der Waals surface area contributed by atoms with Gasteiger partial charge in [-0.05, 0) is 44.5 Å². The van der Waals surface area contributed by atoms with Crippen molar-refractivity contribution in [1.82, 2.24) is 14.7 Å². The van der Waals surface area contributed by atoms with Crippen LogP contribution < -0.4 is 10.5 Å². The molecule has 152 valence electrons. The Morgan fingerprint density at radius 3 is 2.17 bits per heavy atom. The van der Waals surface area contributed by atoms with E-state index in [9.17, 15) is 9.59 Å². The van der Waals surface area contributed by atoms with Gasteiger partial charge in [-0.3, -0.25) is 9.59 Å². The second-order valence-electron chi connectivity index (χ2n) is 7.02. The first-order chi connectivity index (χ1) is 14.0. The maximum absolute atomic E-state index is 13.2. The Labute approximate surface area is 171 Å². The van der Waals surface area contributed by atoms with Crippen molar-refractivity contribution in [2.24, 2.45) is 0 Å². The smallest absolute Gasteiger partial charge is 0.274 e. The van der Waals surface area contributed by atoms with E-state index < -0.39 is 0 Å². The average Bonchev–Trinajstić information content (AvgIpc) is 2.75. The van der Waals surface area contributed by atoms with Crippen LogP contribution in [-0.2, 0) is 13.1 Å². The standard InChI is InChI=1S/C23H28N4O2/c1-5-26(6-2)18-14-12-17(13-15-18)16-25(4)23(29)21-19-10-8-9-11-20(19)22(28)27(7-3)24-21/h8-15H,5-7,16H2,1-4H3. The monoisotopic (exact) mass is 392 g/mol. The fourth-order valence-corrected chi connectivity index (χ4v) is 3.53. The van der Waals surface area contributed by atoms with Gasteiger partial charge in [-0.1, -0.05) is 30.3 Å². The molecule has 1 aromatic heterocycles. The van der Waals surface area contributed by atoms with Gasteiger partial charge >= 0.3 is 0 Å². The van der Waals surface area contributed by atoms with Crippen LogP contribution in [0.15, 0.2) is 53.3 Å². The molecule has 0 radical (unpaired) electrons. The number of anilines is 1. The molecule has 3 aromatic rings. The summed E-state index contributed by atoms with van der Waals surface area (Å²) in [4.78, 5) is 29.6. The van der Waals surface area contributed by atoms with Gasteiger partial charge in [0.05, 0.1) is 5.39 Å². The summed E-state index contributed by atoms with van der Waals surface area (Å²) in [6.07, 6.45) is 0. The molecule has 0 aliphatic heterocycles. The van der Waals surface area contributed by atoms with E-state index in [-0.39, 0.29) is 11.5 Å². The van der Waals surface area contributed by atoms with Gasteiger partial charge in [0.2, 0.25) is 0 Å². The summed E-state index contributed by atoms with van der Waals surface area (Å²) in [7, 11) is 1.76. The largest absolute Gasteiger partial charge is 0.372 e. The SMILES string of the molecule is CCN(CC)c1ccc(CN(C)C(=O)c2nn(CC)c(=O)c3ccccc23)cc1. The average molecular weight is 393 g/mol. The normalized spacial score (nSPS) is 10.9. The number of aryl methyl sites for hydroxylation is 1. The molecule has 0 saturated heterocycles. The molecule has 0 spiro atoms. The molecule has 6 heteroatoms. The van der Waals surface area contributed by atoms with Gasteiger partial charge in [0.1, 0.15) is 0 Å². The van der Waals surface area contributed by atoms with Gasteiger partial charge < -0.3 is 9.80 Å². The van der Waals surface area contributed by atoms with Crippen LogP contribution in [0.25, 0.3) is 10.8 Å². The Morgan fingerprint density at radius 1 is 0.966 bits per heavy atom. The molecule has 1 amide bonds. The topological polar surface area (TPSA) is 58.4 Å². The fourth-order valence-electron chi connectivity index (χ4n) is 3.53. The van der Waals surface area contributed by atoms with Crippen LogP contribution in [0.1, 0.15) is 36.8 Å². The maximum Gasteiger partial charge on any atom is 0.274 e. The highest BCUT2D eigenvalue weighted by molar-refractivity contribution is 6.04. The molecule has 0 fully saturated rings. The summed E-state index contributed by atoms with van der Waals surface area (Å²) >= 11 is 0. The van der Waals surface area contributed by atoms with Gasteiger partial charge in [-0.2, -0.15) is 5.10 Å². The summed E-state index contributed by atoms with van der Waals surface area (Å²) in [6, 6.07) is 15.4. The number of amides is 1. The molecule has 6 nitrogen and oxygen atoms in total. The van der Waals surface area contributed by atoms with Crippen molar-refractivity contribution in [3.05, 3.63) is 70.1 Å². The fraction of sp³-hybridized carbons (Fsp3) is 0.348. The first-order valence-electron chi connectivity index (χ1n) is 10.1. The summed E-state index contributed by atoms with van der Waals surface area (Å²) in [5, 5.41) is 5.46. The highest BCUT2D eigenvalue weighted by atomic mass is 16.2. The molecule has 0 N–H and O–H groups in total. The van der Waals surface area contributed by atoms with E-state index in [1.54, 1.807) is 30.1 Å². The molecular weight excluding hydrogens is 364 g/mol. The van der Waals surface area contributed by atoms with Crippen LogP contribution in [0.5, 0.6) is 0 Å². The molecule has 0 saturated carbocycles. The quantitative estimate of drug-likeness (QED) is 0.617. The molecule has 0 bridgehead atoms. The van der Waals surface area contributed by atoms with Crippen molar-refractivity contribution in [3.8, 4) is 0 Å². The third-order valence-corrected chi connectivity index (χ3v) is 5.20. The van der Waals surface area contributed by atoms with E-state index >= 15 is 0 Å². The van der Waals surface area contributed by atoms with E-state index in [4.69, 9.17) is 0 Å². The predicted octanol–water partition coefficient (Wildman–Crippen LogP) is 3.53. The minimum absolute atomic E-state index is 0.172. The Kier molecular flexibility index (Phi) is 6.32. The van der Waals surface area contributed by atoms with E-state index in [1.165, 1.54) is 10.4 Å².